The number of fused-ring (bicyclic) bond motifs is 3. The van der Waals surface area contributed by atoms with Crippen molar-refractivity contribution in [3.05, 3.63) is 23.8 Å². The molecule has 23 heavy (non-hydrogen) atoms. The van der Waals surface area contributed by atoms with Gasteiger partial charge < -0.3 is 14.7 Å². The van der Waals surface area contributed by atoms with E-state index in [1.54, 1.807) is 0 Å². The van der Waals surface area contributed by atoms with E-state index < -0.39 is 0 Å². The van der Waals surface area contributed by atoms with Crippen LogP contribution in [-0.2, 0) is 4.74 Å². The van der Waals surface area contributed by atoms with E-state index in [1.807, 2.05) is 0 Å². The number of hydrogen-bond acceptors (Lipinski definition) is 6. The van der Waals surface area contributed by atoms with E-state index in [0.29, 0.717) is 12.1 Å². The van der Waals surface area contributed by atoms with Crippen molar-refractivity contribution in [3.8, 4) is 0 Å². The third-order valence-electron chi connectivity index (χ3n) is 5.26. The summed E-state index contributed by atoms with van der Waals surface area (Å²) in [5.41, 5.74) is 4.50. The molecule has 2 bridgehead atoms. The van der Waals surface area contributed by atoms with Crippen molar-refractivity contribution < 1.29 is 9.84 Å². The Bertz CT molecular complexity index is 569. The lowest BCUT2D eigenvalue weighted by molar-refractivity contribution is -0.0147. The van der Waals surface area contributed by atoms with Crippen molar-refractivity contribution in [1.82, 2.24) is 15.3 Å². The normalized spacial score (nSPS) is 35.9. The molecule has 2 fully saturated rings. The summed E-state index contributed by atoms with van der Waals surface area (Å²) in [5, 5.41) is 11.3. The zero-order chi connectivity index (χ0) is 16.0. The average Bonchev–Trinajstić information content (AvgIpc) is 2.97. The highest BCUT2D eigenvalue weighted by Crippen LogP contribution is 2.38. The molecule has 0 spiro atoms. The van der Waals surface area contributed by atoms with Gasteiger partial charge in [-0.2, -0.15) is 0 Å². The Morgan fingerprint density at radius 1 is 1.39 bits per heavy atom. The molecule has 0 amide bonds. The van der Waals surface area contributed by atoms with E-state index in [-0.39, 0.29) is 12.1 Å². The van der Waals surface area contributed by atoms with Gasteiger partial charge in [0.05, 0.1) is 30.8 Å². The molecule has 0 aliphatic carbocycles. The van der Waals surface area contributed by atoms with Crippen molar-refractivity contribution in [2.75, 3.05) is 19.8 Å². The standard InChI is InChI=1S/C17H26N4O2/c1-12-8-16(20-13-4-5-14(20)11-23-10-13)21-15(18-12)9-17(2,19-21)6-3-7-22/h8-9,13-14,19,22H,3-7,10-11H2,1-2H3. The number of hydrogen-bond donors (Lipinski definition) is 2. The maximum Gasteiger partial charge on any atom is 0.146 e. The number of rotatable bonds is 4. The number of nitrogens with zero attached hydrogens (tertiary/aromatic N) is 3. The summed E-state index contributed by atoms with van der Waals surface area (Å²) in [6, 6.07) is 0.941. The molecular formula is C17H26N4O2. The topological polar surface area (TPSA) is 60.3 Å². The second-order valence-corrected chi connectivity index (χ2v) is 7.28. The van der Waals surface area contributed by atoms with Crippen LogP contribution < -0.4 is 5.43 Å². The SMILES string of the molecule is CC1=NC2=CC(C)(CCCO)NN2C(N2C3CCC2COC3)=C1. The molecule has 6 nitrogen and oxygen atoms in total. The van der Waals surface area contributed by atoms with Crippen LogP contribution in [-0.4, -0.2) is 58.2 Å². The molecule has 0 saturated carbocycles. The van der Waals surface area contributed by atoms with Crippen LogP contribution >= 0.6 is 0 Å². The molecule has 3 atom stereocenters. The molecule has 0 aromatic carbocycles. The third-order valence-corrected chi connectivity index (χ3v) is 5.26. The van der Waals surface area contributed by atoms with Crippen LogP contribution in [0.4, 0.5) is 0 Å². The second kappa shape index (κ2) is 5.61. The van der Waals surface area contributed by atoms with Gasteiger partial charge in [-0.3, -0.25) is 0 Å². The third kappa shape index (κ3) is 2.58. The van der Waals surface area contributed by atoms with Gasteiger partial charge in [-0.15, -0.1) is 0 Å². The van der Waals surface area contributed by atoms with Gasteiger partial charge in [0.2, 0.25) is 0 Å². The Morgan fingerprint density at radius 3 is 2.83 bits per heavy atom. The van der Waals surface area contributed by atoms with Crippen LogP contribution in [0, 0.1) is 0 Å². The highest BCUT2D eigenvalue weighted by Gasteiger charge is 2.44. The lowest BCUT2D eigenvalue weighted by atomic mass is 9.97. The minimum atomic E-state index is -0.156. The Labute approximate surface area is 137 Å². The smallest absolute Gasteiger partial charge is 0.146 e. The fraction of sp³-hybridized carbons (Fsp3) is 0.706. The summed E-state index contributed by atoms with van der Waals surface area (Å²) in [4.78, 5) is 7.24. The van der Waals surface area contributed by atoms with Crippen molar-refractivity contribution in [3.63, 3.8) is 0 Å². The minimum absolute atomic E-state index is 0.156. The lowest BCUT2D eigenvalue weighted by Gasteiger charge is -2.43. The summed E-state index contributed by atoms with van der Waals surface area (Å²) >= 11 is 0. The van der Waals surface area contributed by atoms with Gasteiger partial charge in [0.15, 0.2) is 0 Å². The quantitative estimate of drug-likeness (QED) is 0.819. The average molecular weight is 318 g/mol. The number of aliphatic hydroxyl groups excluding tert-OH is 1. The van der Waals surface area contributed by atoms with E-state index in [0.717, 1.165) is 37.6 Å². The molecule has 4 aliphatic heterocycles. The van der Waals surface area contributed by atoms with Crippen molar-refractivity contribution in [2.45, 2.75) is 57.2 Å². The summed E-state index contributed by atoms with van der Waals surface area (Å²) in [6.45, 7) is 6.09. The number of ether oxygens (including phenoxy) is 1. The molecule has 0 aromatic heterocycles. The minimum Gasteiger partial charge on any atom is -0.396 e. The van der Waals surface area contributed by atoms with E-state index >= 15 is 0 Å². The van der Waals surface area contributed by atoms with Crippen molar-refractivity contribution in [2.24, 2.45) is 4.99 Å². The van der Waals surface area contributed by atoms with Crippen LogP contribution in [0.1, 0.15) is 39.5 Å². The van der Waals surface area contributed by atoms with Crippen molar-refractivity contribution in [1.29, 1.82) is 0 Å². The predicted octanol–water partition coefficient (Wildman–Crippen LogP) is 1.36. The van der Waals surface area contributed by atoms with Gasteiger partial charge in [-0.25, -0.2) is 15.4 Å². The zero-order valence-electron chi connectivity index (χ0n) is 14.0. The first-order valence-electron chi connectivity index (χ1n) is 8.64. The first-order chi connectivity index (χ1) is 11.1. The second-order valence-electron chi connectivity index (χ2n) is 7.28. The largest absolute Gasteiger partial charge is 0.396 e. The Morgan fingerprint density at radius 2 is 2.13 bits per heavy atom. The van der Waals surface area contributed by atoms with Gasteiger partial charge >= 0.3 is 0 Å². The lowest BCUT2D eigenvalue weighted by Crippen LogP contribution is -2.54. The van der Waals surface area contributed by atoms with Crippen molar-refractivity contribution >= 4 is 5.71 Å². The van der Waals surface area contributed by atoms with Gasteiger partial charge in [0.1, 0.15) is 11.6 Å². The number of hydrazine groups is 1. The Hall–Kier alpha value is -1.37. The molecule has 3 unspecified atom stereocenters. The molecule has 6 heteroatoms. The number of aliphatic imine (C=N–C) groups is 1. The maximum atomic E-state index is 9.15. The summed E-state index contributed by atoms with van der Waals surface area (Å²) in [7, 11) is 0. The van der Waals surface area contributed by atoms with Crippen LogP contribution in [0.25, 0.3) is 0 Å². The fourth-order valence-electron chi connectivity index (χ4n) is 4.18. The molecule has 2 saturated heterocycles. The van der Waals surface area contributed by atoms with E-state index in [4.69, 9.17) is 14.8 Å². The van der Waals surface area contributed by atoms with Crippen LogP contribution in [0.2, 0.25) is 0 Å². The van der Waals surface area contributed by atoms with Crippen LogP contribution in [0.15, 0.2) is 28.8 Å². The van der Waals surface area contributed by atoms with Gasteiger partial charge in [0.25, 0.3) is 0 Å². The summed E-state index contributed by atoms with van der Waals surface area (Å²) in [5.74, 6) is 2.18. The first kappa shape index (κ1) is 15.2. The number of nitrogens with one attached hydrogen (secondary N) is 1. The molecule has 4 rings (SSSR count). The maximum absolute atomic E-state index is 9.15. The number of morpholine rings is 1. The molecule has 126 valence electrons. The summed E-state index contributed by atoms with van der Waals surface area (Å²) in [6.07, 6.45) is 8.45. The first-order valence-corrected chi connectivity index (χ1v) is 8.64. The van der Waals surface area contributed by atoms with E-state index in [2.05, 4.69) is 41.3 Å². The summed E-state index contributed by atoms with van der Waals surface area (Å²) < 4.78 is 5.73. The molecule has 4 aliphatic rings. The fourth-order valence-corrected chi connectivity index (χ4v) is 4.18. The highest BCUT2D eigenvalue weighted by molar-refractivity contribution is 5.95. The number of aliphatic hydroxyl groups is 1. The molecule has 0 aromatic rings. The van der Waals surface area contributed by atoms with Gasteiger partial charge in [0, 0.05) is 18.4 Å². The Kier molecular flexibility index (Phi) is 3.70. The molecular weight excluding hydrogens is 292 g/mol. The molecule has 2 N–H and O–H groups in total. The van der Waals surface area contributed by atoms with Gasteiger partial charge in [-0.1, -0.05) is 0 Å². The monoisotopic (exact) mass is 318 g/mol. The molecule has 0 radical (unpaired) electrons. The van der Waals surface area contributed by atoms with E-state index in [9.17, 15) is 0 Å². The molecule has 4 heterocycles. The van der Waals surface area contributed by atoms with Crippen LogP contribution in [0.3, 0.4) is 0 Å². The predicted molar refractivity (Wildman–Crippen MR) is 88.4 cm³/mol. The zero-order valence-corrected chi connectivity index (χ0v) is 14.0. The highest BCUT2D eigenvalue weighted by atomic mass is 16.5. The number of allylic oxidation sites excluding steroid dienone is 1. The van der Waals surface area contributed by atoms with Gasteiger partial charge in [-0.05, 0) is 45.6 Å². The Balaban J connectivity index is 1.62. The van der Waals surface area contributed by atoms with E-state index in [1.165, 1.54) is 18.7 Å². The van der Waals surface area contributed by atoms with Crippen LogP contribution in [0.5, 0.6) is 0 Å².